The highest BCUT2D eigenvalue weighted by atomic mass is 79.9. The molecule has 1 saturated carbocycles. The maximum absolute atomic E-state index is 12.0. The van der Waals surface area contributed by atoms with Gasteiger partial charge in [0.1, 0.15) is 0 Å². The highest BCUT2D eigenvalue weighted by Crippen LogP contribution is 2.30. The topological polar surface area (TPSA) is 87.3 Å². The number of amides is 3. The molecule has 3 amide bonds. The lowest BCUT2D eigenvalue weighted by Crippen LogP contribution is -2.41. The molecule has 1 aromatic carbocycles. The summed E-state index contributed by atoms with van der Waals surface area (Å²) in [6.45, 7) is 0. The van der Waals surface area contributed by atoms with E-state index in [-0.39, 0.29) is 17.7 Å². The molecule has 0 saturated heterocycles. The van der Waals surface area contributed by atoms with Crippen molar-refractivity contribution in [3.63, 3.8) is 0 Å². The normalized spacial score (nSPS) is 13.2. The molecule has 0 radical (unpaired) electrons. The van der Waals surface area contributed by atoms with Gasteiger partial charge < -0.3 is 5.32 Å². The number of anilines is 1. The van der Waals surface area contributed by atoms with Crippen LogP contribution >= 0.6 is 27.3 Å². The van der Waals surface area contributed by atoms with Crippen LogP contribution in [0, 0.1) is 5.92 Å². The van der Waals surface area contributed by atoms with Crippen LogP contribution in [0.3, 0.4) is 0 Å². The third kappa shape index (κ3) is 4.21. The summed E-state index contributed by atoms with van der Waals surface area (Å²) in [5, 5.41) is 2.80. The number of benzene rings is 1. The van der Waals surface area contributed by atoms with Gasteiger partial charge in [-0.05, 0) is 65.2 Å². The number of carbonyl (C=O) groups is 3. The largest absolute Gasteiger partial charge is 0.326 e. The van der Waals surface area contributed by atoms with Crippen molar-refractivity contribution in [3.8, 4) is 0 Å². The smallest absolute Gasteiger partial charge is 0.279 e. The zero-order valence-electron chi connectivity index (χ0n) is 12.5. The Morgan fingerprint density at radius 2 is 1.62 bits per heavy atom. The fourth-order valence-electron chi connectivity index (χ4n) is 1.98. The van der Waals surface area contributed by atoms with Crippen LogP contribution in [0.1, 0.15) is 32.9 Å². The minimum absolute atomic E-state index is 0.0153. The van der Waals surface area contributed by atoms with E-state index >= 15 is 0 Å². The molecule has 8 heteroatoms. The maximum Gasteiger partial charge on any atom is 0.279 e. The second-order valence-electron chi connectivity index (χ2n) is 5.35. The first-order chi connectivity index (χ1) is 11.5. The average Bonchev–Trinajstić information content (AvgIpc) is 3.34. The molecule has 1 aliphatic carbocycles. The van der Waals surface area contributed by atoms with E-state index in [2.05, 4.69) is 32.1 Å². The fraction of sp³-hybridized carbons (Fsp3) is 0.188. The van der Waals surface area contributed by atoms with Crippen LogP contribution < -0.4 is 16.2 Å². The Morgan fingerprint density at radius 3 is 2.21 bits per heavy atom. The van der Waals surface area contributed by atoms with Gasteiger partial charge in [0, 0.05) is 17.2 Å². The van der Waals surface area contributed by atoms with Crippen LogP contribution in [-0.2, 0) is 4.79 Å². The summed E-state index contributed by atoms with van der Waals surface area (Å²) in [4.78, 5) is 36.0. The Balaban J connectivity index is 1.52. The number of halogens is 1. The van der Waals surface area contributed by atoms with Gasteiger partial charge in [-0.25, -0.2) is 0 Å². The summed E-state index contributed by atoms with van der Waals surface area (Å²) in [6.07, 6.45) is 1.87. The molecule has 1 heterocycles. The van der Waals surface area contributed by atoms with Crippen molar-refractivity contribution in [2.45, 2.75) is 12.8 Å². The van der Waals surface area contributed by atoms with Crippen molar-refractivity contribution < 1.29 is 14.4 Å². The number of hydrazine groups is 1. The van der Waals surface area contributed by atoms with Gasteiger partial charge in [0.25, 0.3) is 11.8 Å². The number of hydrogen-bond donors (Lipinski definition) is 3. The molecule has 0 unspecified atom stereocenters. The SMILES string of the molecule is O=C(NNC(=O)c1ccc(Br)s1)c1ccc(NC(=O)C2CC2)cc1. The van der Waals surface area contributed by atoms with Crippen molar-refractivity contribution in [2.24, 2.45) is 5.92 Å². The lowest BCUT2D eigenvalue weighted by atomic mass is 10.2. The number of carbonyl (C=O) groups excluding carboxylic acids is 3. The van der Waals surface area contributed by atoms with E-state index in [1.54, 1.807) is 36.4 Å². The molecule has 1 fully saturated rings. The summed E-state index contributed by atoms with van der Waals surface area (Å²) in [5.74, 6) is -0.673. The van der Waals surface area contributed by atoms with Crippen molar-refractivity contribution >= 4 is 50.7 Å². The minimum Gasteiger partial charge on any atom is -0.326 e. The third-order valence-electron chi connectivity index (χ3n) is 3.45. The van der Waals surface area contributed by atoms with E-state index in [0.717, 1.165) is 16.6 Å². The lowest BCUT2D eigenvalue weighted by molar-refractivity contribution is -0.117. The lowest BCUT2D eigenvalue weighted by Gasteiger charge is -2.08. The molecular weight excluding hydrogens is 394 g/mol. The van der Waals surface area contributed by atoms with Crippen LogP contribution in [0.25, 0.3) is 0 Å². The molecule has 124 valence electrons. The van der Waals surface area contributed by atoms with E-state index in [1.165, 1.54) is 11.3 Å². The molecule has 0 aliphatic heterocycles. The molecule has 0 bridgehead atoms. The Labute approximate surface area is 150 Å². The highest BCUT2D eigenvalue weighted by molar-refractivity contribution is 9.11. The standard InChI is InChI=1S/C16H14BrN3O3S/c17-13-8-7-12(24-13)16(23)20-19-15(22)10-3-5-11(6-4-10)18-14(21)9-1-2-9/h3-9H,1-2H2,(H,18,21)(H,19,22)(H,20,23). The second-order valence-corrected chi connectivity index (χ2v) is 7.82. The van der Waals surface area contributed by atoms with Crippen LogP contribution in [-0.4, -0.2) is 17.7 Å². The second kappa shape index (κ2) is 7.14. The van der Waals surface area contributed by atoms with Gasteiger partial charge in [-0.15, -0.1) is 11.3 Å². The Bertz CT molecular complexity index is 784. The van der Waals surface area contributed by atoms with Crippen LogP contribution in [0.4, 0.5) is 5.69 Å². The van der Waals surface area contributed by atoms with Gasteiger partial charge in [-0.1, -0.05) is 0 Å². The predicted octanol–water partition coefficient (Wildman–Crippen LogP) is 2.93. The van der Waals surface area contributed by atoms with Crippen LogP contribution in [0.15, 0.2) is 40.2 Å². The van der Waals surface area contributed by atoms with Crippen molar-refractivity contribution in [1.82, 2.24) is 10.9 Å². The summed E-state index contributed by atoms with van der Waals surface area (Å²) < 4.78 is 0.836. The monoisotopic (exact) mass is 407 g/mol. The first kappa shape index (κ1) is 16.7. The molecule has 0 spiro atoms. The zero-order chi connectivity index (χ0) is 17.1. The summed E-state index contributed by atoms with van der Waals surface area (Å²) >= 11 is 4.55. The van der Waals surface area contributed by atoms with E-state index < -0.39 is 5.91 Å². The van der Waals surface area contributed by atoms with Crippen molar-refractivity contribution in [1.29, 1.82) is 0 Å². The predicted molar refractivity (Wildman–Crippen MR) is 94.7 cm³/mol. The molecule has 6 nitrogen and oxygen atoms in total. The number of rotatable bonds is 4. The molecule has 3 rings (SSSR count). The van der Waals surface area contributed by atoms with Gasteiger partial charge in [-0.2, -0.15) is 0 Å². The van der Waals surface area contributed by atoms with Gasteiger partial charge >= 0.3 is 0 Å². The van der Waals surface area contributed by atoms with Gasteiger partial charge in [0.05, 0.1) is 8.66 Å². The Morgan fingerprint density at radius 1 is 0.958 bits per heavy atom. The van der Waals surface area contributed by atoms with Crippen LogP contribution in [0.2, 0.25) is 0 Å². The first-order valence-electron chi connectivity index (χ1n) is 7.30. The van der Waals surface area contributed by atoms with Gasteiger partial charge in [0.15, 0.2) is 0 Å². The Hall–Kier alpha value is -2.19. The van der Waals surface area contributed by atoms with Crippen molar-refractivity contribution in [2.75, 3.05) is 5.32 Å². The quantitative estimate of drug-likeness (QED) is 0.680. The van der Waals surface area contributed by atoms with Crippen molar-refractivity contribution in [3.05, 3.63) is 50.6 Å². The molecular formula is C16H14BrN3O3S. The molecule has 1 aromatic heterocycles. The molecule has 0 atom stereocenters. The van der Waals surface area contributed by atoms with E-state index in [1.807, 2.05) is 0 Å². The molecule has 1 aliphatic rings. The summed E-state index contributed by atoms with van der Waals surface area (Å²) in [7, 11) is 0. The Kier molecular flexibility index (Phi) is 4.96. The highest BCUT2D eigenvalue weighted by Gasteiger charge is 2.29. The first-order valence-corrected chi connectivity index (χ1v) is 8.91. The third-order valence-corrected chi connectivity index (χ3v) is 5.07. The number of thiophene rings is 1. The summed E-state index contributed by atoms with van der Waals surface area (Å²) in [6, 6.07) is 9.92. The van der Waals surface area contributed by atoms with Gasteiger partial charge in [0.2, 0.25) is 5.91 Å². The van der Waals surface area contributed by atoms with Gasteiger partial charge in [-0.3, -0.25) is 25.2 Å². The van der Waals surface area contributed by atoms with E-state index in [0.29, 0.717) is 16.1 Å². The number of hydrogen-bond acceptors (Lipinski definition) is 4. The van der Waals surface area contributed by atoms with Crippen LogP contribution in [0.5, 0.6) is 0 Å². The minimum atomic E-state index is -0.431. The van der Waals surface area contributed by atoms with E-state index in [4.69, 9.17) is 0 Å². The number of nitrogens with one attached hydrogen (secondary N) is 3. The maximum atomic E-state index is 12.0. The summed E-state index contributed by atoms with van der Waals surface area (Å²) in [5.41, 5.74) is 5.75. The van der Waals surface area contributed by atoms with E-state index in [9.17, 15) is 14.4 Å². The molecule has 3 N–H and O–H groups in total. The average molecular weight is 408 g/mol. The fourth-order valence-corrected chi connectivity index (χ4v) is 3.26. The zero-order valence-corrected chi connectivity index (χ0v) is 14.9. The molecule has 2 aromatic rings. The molecule has 24 heavy (non-hydrogen) atoms.